The maximum Gasteiger partial charge on any atom is 0.0702 e. The fraction of sp³-hybridized carbons (Fsp3) is 1.00. The molecule has 2 heterocycles. The summed E-state index contributed by atoms with van der Waals surface area (Å²) in [6.07, 6.45) is 5.90. The Hall–Kier alpha value is -0.120. The first-order valence-corrected chi connectivity index (χ1v) is 6.85. The van der Waals surface area contributed by atoms with Crippen LogP contribution in [0.25, 0.3) is 0 Å². The van der Waals surface area contributed by atoms with Crippen LogP contribution in [0, 0.1) is 5.92 Å². The smallest absolute Gasteiger partial charge is 0.0702 e. The maximum atomic E-state index is 5.74. The summed E-state index contributed by atoms with van der Waals surface area (Å²) in [4.78, 5) is 2.62. The van der Waals surface area contributed by atoms with Gasteiger partial charge in [0.2, 0.25) is 0 Å². The predicted octanol–water partition coefficient (Wildman–Crippen LogP) is 1.24. The van der Waals surface area contributed by atoms with Crippen LogP contribution in [0.2, 0.25) is 0 Å². The second kappa shape index (κ2) is 4.28. The minimum Gasteiger partial charge on any atom is -0.377 e. The Morgan fingerprint density at radius 2 is 2.25 bits per heavy atom. The number of hydrogen-bond donors (Lipinski definition) is 1. The Morgan fingerprint density at radius 1 is 1.38 bits per heavy atom. The molecule has 2 saturated heterocycles. The fourth-order valence-corrected chi connectivity index (χ4v) is 3.33. The molecule has 0 aromatic heterocycles. The average molecular weight is 224 g/mol. The number of nitrogens with zero attached hydrogens (tertiary/aromatic N) is 1. The molecule has 3 heteroatoms. The predicted molar refractivity (Wildman–Crippen MR) is 64.5 cm³/mol. The number of ether oxygens (including phenoxy) is 1. The van der Waals surface area contributed by atoms with Crippen LogP contribution in [-0.4, -0.2) is 49.3 Å². The molecule has 0 aromatic carbocycles. The van der Waals surface area contributed by atoms with Crippen molar-refractivity contribution in [3.63, 3.8) is 0 Å². The molecule has 1 N–H and O–H groups in total. The van der Waals surface area contributed by atoms with Gasteiger partial charge in [-0.05, 0) is 38.5 Å². The fourth-order valence-electron chi connectivity index (χ4n) is 3.33. The minimum absolute atomic E-state index is 0.386. The van der Waals surface area contributed by atoms with E-state index in [1.807, 2.05) is 0 Å². The molecule has 0 radical (unpaired) electrons. The molecule has 0 bridgehead atoms. The SMILES string of the molecule is CC1(C2CC2)CN(CC2CCCO2)CCN1. The summed E-state index contributed by atoms with van der Waals surface area (Å²) >= 11 is 0. The summed E-state index contributed by atoms with van der Waals surface area (Å²) < 4.78 is 5.74. The van der Waals surface area contributed by atoms with Gasteiger partial charge in [-0.2, -0.15) is 0 Å². The highest BCUT2D eigenvalue weighted by molar-refractivity contribution is 5.02. The zero-order valence-corrected chi connectivity index (χ0v) is 10.4. The number of hydrogen-bond acceptors (Lipinski definition) is 3. The molecule has 3 nitrogen and oxygen atoms in total. The van der Waals surface area contributed by atoms with E-state index in [2.05, 4.69) is 17.1 Å². The van der Waals surface area contributed by atoms with E-state index >= 15 is 0 Å². The molecule has 2 aliphatic heterocycles. The average Bonchev–Trinajstić information content (AvgIpc) is 3.01. The lowest BCUT2D eigenvalue weighted by atomic mass is 9.92. The van der Waals surface area contributed by atoms with Crippen molar-refractivity contribution in [2.24, 2.45) is 5.92 Å². The summed E-state index contributed by atoms with van der Waals surface area (Å²) in [6, 6.07) is 0. The van der Waals surface area contributed by atoms with Gasteiger partial charge in [0.25, 0.3) is 0 Å². The van der Waals surface area contributed by atoms with Crippen LogP contribution in [0.4, 0.5) is 0 Å². The molecule has 3 aliphatic rings. The van der Waals surface area contributed by atoms with E-state index in [0.29, 0.717) is 11.6 Å². The largest absolute Gasteiger partial charge is 0.377 e. The van der Waals surface area contributed by atoms with Crippen LogP contribution in [-0.2, 0) is 4.74 Å². The highest BCUT2D eigenvalue weighted by Crippen LogP contribution is 2.40. The van der Waals surface area contributed by atoms with Gasteiger partial charge in [-0.25, -0.2) is 0 Å². The van der Waals surface area contributed by atoms with Crippen molar-refractivity contribution < 1.29 is 4.74 Å². The van der Waals surface area contributed by atoms with Crippen molar-refractivity contribution in [2.45, 2.75) is 44.2 Å². The lowest BCUT2D eigenvalue weighted by Gasteiger charge is -2.42. The molecule has 2 unspecified atom stereocenters. The Morgan fingerprint density at radius 3 is 2.94 bits per heavy atom. The zero-order chi connectivity index (χ0) is 11.0. The molecule has 0 spiro atoms. The minimum atomic E-state index is 0.386. The van der Waals surface area contributed by atoms with Crippen molar-refractivity contribution in [3.05, 3.63) is 0 Å². The number of nitrogens with one attached hydrogen (secondary N) is 1. The van der Waals surface area contributed by atoms with Gasteiger partial charge in [-0.3, -0.25) is 4.90 Å². The third kappa shape index (κ3) is 2.27. The van der Waals surface area contributed by atoms with Gasteiger partial charge in [0.15, 0.2) is 0 Å². The normalized spacial score (nSPS) is 41.4. The van der Waals surface area contributed by atoms with E-state index in [4.69, 9.17) is 4.74 Å². The quantitative estimate of drug-likeness (QED) is 0.780. The van der Waals surface area contributed by atoms with Crippen molar-refractivity contribution in [3.8, 4) is 0 Å². The summed E-state index contributed by atoms with van der Waals surface area (Å²) in [5.74, 6) is 0.930. The van der Waals surface area contributed by atoms with Gasteiger partial charge in [-0.1, -0.05) is 0 Å². The van der Waals surface area contributed by atoms with Gasteiger partial charge in [-0.15, -0.1) is 0 Å². The molecule has 3 rings (SSSR count). The topological polar surface area (TPSA) is 24.5 Å². The third-order valence-electron chi connectivity index (χ3n) is 4.47. The lowest BCUT2D eigenvalue weighted by Crippen LogP contribution is -2.60. The first-order chi connectivity index (χ1) is 7.76. The van der Waals surface area contributed by atoms with E-state index in [1.54, 1.807) is 0 Å². The summed E-state index contributed by atoms with van der Waals surface area (Å²) in [5.41, 5.74) is 0.386. The van der Waals surface area contributed by atoms with E-state index in [9.17, 15) is 0 Å². The molecule has 0 aromatic rings. The first kappa shape index (κ1) is 11.0. The molecular formula is C13H24N2O. The van der Waals surface area contributed by atoms with Gasteiger partial charge >= 0.3 is 0 Å². The first-order valence-electron chi connectivity index (χ1n) is 6.85. The lowest BCUT2D eigenvalue weighted by molar-refractivity contribution is 0.0460. The Bertz CT molecular complexity index is 248. The van der Waals surface area contributed by atoms with Crippen LogP contribution >= 0.6 is 0 Å². The van der Waals surface area contributed by atoms with Gasteiger partial charge in [0, 0.05) is 38.3 Å². The summed E-state index contributed by atoms with van der Waals surface area (Å²) in [6.45, 7) is 8.12. The van der Waals surface area contributed by atoms with Gasteiger partial charge < -0.3 is 10.1 Å². The molecule has 0 amide bonds. The third-order valence-corrected chi connectivity index (χ3v) is 4.47. The van der Waals surface area contributed by atoms with E-state index < -0.39 is 0 Å². The Balaban J connectivity index is 1.54. The van der Waals surface area contributed by atoms with Crippen LogP contribution in [0.1, 0.15) is 32.6 Å². The van der Waals surface area contributed by atoms with Gasteiger partial charge in [0.05, 0.1) is 6.10 Å². The molecule has 1 saturated carbocycles. The van der Waals surface area contributed by atoms with Crippen LogP contribution in [0.3, 0.4) is 0 Å². The van der Waals surface area contributed by atoms with Crippen molar-refractivity contribution in [1.29, 1.82) is 0 Å². The van der Waals surface area contributed by atoms with Crippen LogP contribution in [0.15, 0.2) is 0 Å². The molecule has 1 aliphatic carbocycles. The highest BCUT2D eigenvalue weighted by Gasteiger charge is 2.44. The second-order valence-electron chi connectivity index (χ2n) is 5.99. The van der Waals surface area contributed by atoms with Crippen LogP contribution < -0.4 is 5.32 Å². The Labute approximate surface area is 98.5 Å². The van der Waals surface area contributed by atoms with Crippen molar-refractivity contribution in [1.82, 2.24) is 10.2 Å². The van der Waals surface area contributed by atoms with E-state index in [1.165, 1.54) is 38.8 Å². The summed E-state index contributed by atoms with van der Waals surface area (Å²) in [5, 5.41) is 3.73. The molecule has 92 valence electrons. The molecule has 16 heavy (non-hydrogen) atoms. The monoisotopic (exact) mass is 224 g/mol. The van der Waals surface area contributed by atoms with Crippen molar-refractivity contribution >= 4 is 0 Å². The standard InChI is InChI=1S/C13H24N2O/c1-13(11-4-5-11)10-15(7-6-14-13)9-12-3-2-8-16-12/h11-12,14H,2-10H2,1H3. The molecular weight excluding hydrogens is 200 g/mol. The van der Waals surface area contributed by atoms with Crippen LogP contribution in [0.5, 0.6) is 0 Å². The highest BCUT2D eigenvalue weighted by atomic mass is 16.5. The zero-order valence-electron chi connectivity index (χ0n) is 10.4. The maximum absolute atomic E-state index is 5.74. The van der Waals surface area contributed by atoms with E-state index in [-0.39, 0.29) is 0 Å². The second-order valence-corrected chi connectivity index (χ2v) is 5.99. The molecule has 2 atom stereocenters. The molecule has 3 fully saturated rings. The number of rotatable bonds is 3. The van der Waals surface area contributed by atoms with Crippen molar-refractivity contribution in [2.75, 3.05) is 32.8 Å². The van der Waals surface area contributed by atoms with Gasteiger partial charge in [0.1, 0.15) is 0 Å². The number of piperazine rings is 1. The summed E-state index contributed by atoms with van der Waals surface area (Å²) in [7, 11) is 0. The van der Waals surface area contributed by atoms with E-state index in [0.717, 1.165) is 25.6 Å². The Kier molecular flexibility index (Phi) is 2.94.